The molecule has 1 atom stereocenters. The second-order valence-corrected chi connectivity index (χ2v) is 6.09. The Labute approximate surface area is 101 Å². The van der Waals surface area contributed by atoms with E-state index in [9.17, 15) is 0 Å². The maximum absolute atomic E-state index is 3.57. The van der Waals surface area contributed by atoms with Crippen molar-refractivity contribution in [1.82, 2.24) is 10.2 Å². The molecule has 1 N–H and O–H groups in total. The van der Waals surface area contributed by atoms with Crippen LogP contribution in [-0.4, -0.2) is 37.1 Å². The van der Waals surface area contributed by atoms with Crippen LogP contribution in [-0.2, 0) is 0 Å². The Bertz CT molecular complexity index is 203. The van der Waals surface area contributed by atoms with Crippen LogP contribution in [0.3, 0.4) is 0 Å². The largest absolute Gasteiger partial charge is 0.316 e. The van der Waals surface area contributed by atoms with E-state index < -0.39 is 0 Å². The van der Waals surface area contributed by atoms with Gasteiger partial charge in [-0.3, -0.25) is 0 Å². The van der Waals surface area contributed by atoms with Crippen molar-refractivity contribution in [2.24, 2.45) is 5.41 Å². The van der Waals surface area contributed by atoms with Gasteiger partial charge in [0, 0.05) is 19.1 Å². The quantitative estimate of drug-likeness (QED) is 0.790. The smallest absolute Gasteiger partial charge is 0.00953 e. The summed E-state index contributed by atoms with van der Waals surface area (Å²) >= 11 is 0. The molecular weight excluding hydrogens is 196 g/mol. The Balaban J connectivity index is 1.89. The van der Waals surface area contributed by atoms with Crippen molar-refractivity contribution in [2.45, 2.75) is 58.4 Å². The van der Waals surface area contributed by atoms with Crippen LogP contribution >= 0.6 is 0 Å². The molecule has 0 radical (unpaired) electrons. The number of hydrogen-bond acceptors (Lipinski definition) is 2. The molecule has 2 rings (SSSR count). The Morgan fingerprint density at radius 3 is 2.56 bits per heavy atom. The molecule has 2 fully saturated rings. The molecule has 0 aromatic rings. The molecule has 1 unspecified atom stereocenters. The van der Waals surface area contributed by atoms with Gasteiger partial charge in [0.2, 0.25) is 0 Å². The molecule has 1 saturated carbocycles. The average Bonchev–Trinajstić information content (AvgIpc) is 2.80. The van der Waals surface area contributed by atoms with Gasteiger partial charge in [0.1, 0.15) is 0 Å². The molecule has 1 heterocycles. The Morgan fingerprint density at radius 2 is 2.00 bits per heavy atom. The molecule has 1 saturated heterocycles. The van der Waals surface area contributed by atoms with Crippen LogP contribution in [0.1, 0.15) is 52.4 Å². The van der Waals surface area contributed by atoms with Crippen molar-refractivity contribution in [3.8, 4) is 0 Å². The van der Waals surface area contributed by atoms with Crippen LogP contribution in [0.4, 0.5) is 0 Å². The van der Waals surface area contributed by atoms with Gasteiger partial charge < -0.3 is 10.2 Å². The molecule has 0 aromatic heterocycles. The van der Waals surface area contributed by atoms with Gasteiger partial charge in [-0.2, -0.15) is 0 Å². The molecule has 1 aliphatic carbocycles. The lowest BCUT2D eigenvalue weighted by Crippen LogP contribution is -2.48. The second-order valence-electron chi connectivity index (χ2n) is 6.09. The highest BCUT2D eigenvalue weighted by atomic mass is 15.2. The van der Waals surface area contributed by atoms with E-state index in [0.717, 1.165) is 6.04 Å². The summed E-state index contributed by atoms with van der Waals surface area (Å²) in [6.45, 7) is 9.79. The van der Waals surface area contributed by atoms with E-state index in [0.29, 0.717) is 5.41 Å². The van der Waals surface area contributed by atoms with Crippen molar-refractivity contribution >= 4 is 0 Å². The van der Waals surface area contributed by atoms with Crippen molar-refractivity contribution < 1.29 is 0 Å². The maximum Gasteiger partial charge on any atom is 0.00953 e. The van der Waals surface area contributed by atoms with E-state index in [1.165, 1.54) is 64.7 Å². The first kappa shape index (κ1) is 12.4. The molecule has 0 bridgehead atoms. The molecule has 0 aromatic carbocycles. The third kappa shape index (κ3) is 2.98. The number of nitrogens with one attached hydrogen (secondary N) is 1. The first-order valence-electron chi connectivity index (χ1n) is 7.18. The lowest BCUT2D eigenvalue weighted by molar-refractivity contribution is 0.104. The number of piperidine rings is 1. The van der Waals surface area contributed by atoms with E-state index in [1.54, 1.807) is 0 Å². The van der Waals surface area contributed by atoms with Crippen molar-refractivity contribution in [1.29, 1.82) is 0 Å². The standard InChI is InChI=1S/C14H28N2/c1-3-16(13-7-4-5-8-13)12-14(2)9-6-10-15-11-14/h13,15H,3-12H2,1-2H3. The fraction of sp³-hybridized carbons (Fsp3) is 1.00. The molecule has 0 amide bonds. The predicted octanol–water partition coefficient (Wildman–Crippen LogP) is 2.64. The predicted molar refractivity (Wildman–Crippen MR) is 69.7 cm³/mol. The zero-order valence-electron chi connectivity index (χ0n) is 11.1. The third-order valence-electron chi connectivity index (χ3n) is 4.52. The van der Waals surface area contributed by atoms with Crippen LogP contribution in [0, 0.1) is 5.41 Å². The summed E-state index contributed by atoms with van der Waals surface area (Å²) in [6, 6.07) is 0.892. The van der Waals surface area contributed by atoms with Crippen LogP contribution in [0.5, 0.6) is 0 Å². The highest BCUT2D eigenvalue weighted by Gasteiger charge is 2.31. The van der Waals surface area contributed by atoms with E-state index in [-0.39, 0.29) is 0 Å². The number of nitrogens with zero attached hydrogens (tertiary/aromatic N) is 1. The Kier molecular flexibility index (Phi) is 4.26. The first-order chi connectivity index (χ1) is 7.73. The van der Waals surface area contributed by atoms with E-state index in [4.69, 9.17) is 0 Å². The minimum absolute atomic E-state index is 0.525. The Morgan fingerprint density at radius 1 is 1.25 bits per heavy atom. The normalized spacial score (nSPS) is 32.4. The van der Waals surface area contributed by atoms with Crippen LogP contribution < -0.4 is 5.32 Å². The first-order valence-corrected chi connectivity index (χ1v) is 7.18. The van der Waals surface area contributed by atoms with Gasteiger partial charge in [0.15, 0.2) is 0 Å². The van der Waals surface area contributed by atoms with Gasteiger partial charge in [-0.1, -0.05) is 26.7 Å². The number of hydrogen-bond donors (Lipinski definition) is 1. The zero-order chi connectivity index (χ0) is 11.4. The monoisotopic (exact) mass is 224 g/mol. The molecule has 0 spiro atoms. The molecule has 94 valence electrons. The SMILES string of the molecule is CCN(CC1(C)CCCNC1)C1CCCC1. The molecule has 1 aliphatic heterocycles. The van der Waals surface area contributed by atoms with Gasteiger partial charge in [-0.25, -0.2) is 0 Å². The summed E-state index contributed by atoms with van der Waals surface area (Å²) in [5, 5.41) is 3.57. The average molecular weight is 224 g/mol. The van der Waals surface area contributed by atoms with E-state index in [2.05, 4.69) is 24.1 Å². The summed E-state index contributed by atoms with van der Waals surface area (Å²) in [7, 11) is 0. The summed E-state index contributed by atoms with van der Waals surface area (Å²) in [4.78, 5) is 2.75. The zero-order valence-corrected chi connectivity index (χ0v) is 11.1. The van der Waals surface area contributed by atoms with E-state index >= 15 is 0 Å². The van der Waals surface area contributed by atoms with Gasteiger partial charge in [0.25, 0.3) is 0 Å². The highest BCUT2D eigenvalue weighted by Crippen LogP contribution is 2.30. The molecule has 2 nitrogen and oxygen atoms in total. The van der Waals surface area contributed by atoms with Crippen LogP contribution in [0.25, 0.3) is 0 Å². The molecular formula is C14H28N2. The summed E-state index contributed by atoms with van der Waals surface area (Å²) in [5.41, 5.74) is 0.525. The second kappa shape index (κ2) is 5.50. The van der Waals surface area contributed by atoms with Crippen molar-refractivity contribution in [3.05, 3.63) is 0 Å². The number of rotatable bonds is 4. The van der Waals surface area contributed by atoms with Crippen molar-refractivity contribution in [2.75, 3.05) is 26.2 Å². The summed E-state index contributed by atoms with van der Waals surface area (Å²) in [5.74, 6) is 0. The minimum Gasteiger partial charge on any atom is -0.316 e. The van der Waals surface area contributed by atoms with Gasteiger partial charge >= 0.3 is 0 Å². The fourth-order valence-corrected chi connectivity index (χ4v) is 3.51. The van der Waals surface area contributed by atoms with Gasteiger partial charge in [-0.05, 0) is 44.2 Å². The van der Waals surface area contributed by atoms with Gasteiger partial charge in [0.05, 0.1) is 0 Å². The minimum atomic E-state index is 0.525. The molecule has 16 heavy (non-hydrogen) atoms. The fourth-order valence-electron chi connectivity index (χ4n) is 3.51. The van der Waals surface area contributed by atoms with Crippen LogP contribution in [0.15, 0.2) is 0 Å². The van der Waals surface area contributed by atoms with Gasteiger partial charge in [-0.15, -0.1) is 0 Å². The summed E-state index contributed by atoms with van der Waals surface area (Å²) in [6.07, 6.45) is 8.56. The van der Waals surface area contributed by atoms with Crippen LogP contribution in [0.2, 0.25) is 0 Å². The lowest BCUT2D eigenvalue weighted by Gasteiger charge is -2.40. The molecule has 2 aliphatic rings. The van der Waals surface area contributed by atoms with Crippen molar-refractivity contribution in [3.63, 3.8) is 0 Å². The topological polar surface area (TPSA) is 15.3 Å². The highest BCUT2D eigenvalue weighted by molar-refractivity contribution is 4.87. The Hall–Kier alpha value is -0.0800. The van der Waals surface area contributed by atoms with E-state index in [1.807, 2.05) is 0 Å². The third-order valence-corrected chi connectivity index (χ3v) is 4.52. The lowest BCUT2D eigenvalue weighted by atomic mass is 9.82. The summed E-state index contributed by atoms with van der Waals surface area (Å²) < 4.78 is 0. The maximum atomic E-state index is 3.57. The molecule has 2 heteroatoms.